The molecule has 1 rings (SSSR count). The van der Waals surface area contributed by atoms with Gasteiger partial charge in [0, 0.05) is 24.2 Å². The Labute approximate surface area is 118 Å². The zero-order valence-corrected chi connectivity index (χ0v) is 13.0. The van der Waals surface area contributed by atoms with Crippen molar-refractivity contribution in [1.29, 1.82) is 0 Å². The molecule has 0 bridgehead atoms. The van der Waals surface area contributed by atoms with E-state index in [1.165, 1.54) is 5.56 Å². The van der Waals surface area contributed by atoms with Gasteiger partial charge in [-0.25, -0.2) is 0 Å². The van der Waals surface area contributed by atoms with Crippen LogP contribution in [0.15, 0.2) is 24.3 Å². The second-order valence-electron chi connectivity index (χ2n) is 5.57. The Morgan fingerprint density at radius 3 is 2.58 bits per heavy atom. The highest BCUT2D eigenvalue weighted by molar-refractivity contribution is 5.33. The van der Waals surface area contributed by atoms with Gasteiger partial charge in [-0.15, -0.1) is 0 Å². The molecule has 0 amide bonds. The molecule has 0 aromatic heterocycles. The van der Waals surface area contributed by atoms with Gasteiger partial charge in [0.15, 0.2) is 0 Å². The van der Waals surface area contributed by atoms with Crippen LogP contribution in [0.4, 0.5) is 0 Å². The van der Waals surface area contributed by atoms with Crippen LogP contribution < -0.4 is 10.1 Å². The second kappa shape index (κ2) is 7.51. The smallest absolute Gasteiger partial charge is 0.123 e. The van der Waals surface area contributed by atoms with E-state index in [0.717, 1.165) is 31.9 Å². The molecule has 1 N–H and O–H groups in total. The molecular formula is C16H28N2O. The Bertz CT molecular complexity index is 377. The Morgan fingerprint density at radius 1 is 1.26 bits per heavy atom. The summed E-state index contributed by atoms with van der Waals surface area (Å²) in [6.07, 6.45) is 1.14. The van der Waals surface area contributed by atoms with Crippen LogP contribution in [0.1, 0.15) is 32.8 Å². The molecule has 3 nitrogen and oxygen atoms in total. The van der Waals surface area contributed by atoms with Gasteiger partial charge in [0.2, 0.25) is 0 Å². The molecule has 0 aliphatic heterocycles. The summed E-state index contributed by atoms with van der Waals surface area (Å²) in [5, 5.41) is 3.17. The minimum absolute atomic E-state index is 0.230. The molecule has 0 radical (unpaired) electrons. The van der Waals surface area contributed by atoms with E-state index in [9.17, 15) is 0 Å². The molecule has 0 fully saturated rings. The number of rotatable bonds is 8. The molecular weight excluding hydrogens is 236 g/mol. The largest absolute Gasteiger partial charge is 0.492 e. The fraction of sp³-hybridized carbons (Fsp3) is 0.625. The van der Waals surface area contributed by atoms with Crippen LogP contribution in [-0.4, -0.2) is 37.7 Å². The number of likely N-dealkylation sites (N-methyl/N-ethyl adjacent to an activating group) is 1. The summed E-state index contributed by atoms with van der Waals surface area (Å²) in [5.74, 6) is 0.986. The van der Waals surface area contributed by atoms with E-state index >= 15 is 0 Å². The van der Waals surface area contributed by atoms with Gasteiger partial charge in [-0.2, -0.15) is 0 Å². The van der Waals surface area contributed by atoms with Gasteiger partial charge < -0.3 is 10.1 Å². The predicted octanol–water partition coefficient (Wildman–Crippen LogP) is 2.91. The monoisotopic (exact) mass is 264 g/mol. The maximum atomic E-state index is 5.92. The topological polar surface area (TPSA) is 24.5 Å². The van der Waals surface area contributed by atoms with Gasteiger partial charge in [-0.3, -0.25) is 4.90 Å². The van der Waals surface area contributed by atoms with Crippen LogP contribution in [0, 0.1) is 0 Å². The third-order valence-corrected chi connectivity index (χ3v) is 3.92. The number of hydrogen-bond acceptors (Lipinski definition) is 3. The molecule has 0 aliphatic rings. The first kappa shape index (κ1) is 16.0. The molecule has 0 spiro atoms. The molecule has 1 aromatic rings. The minimum Gasteiger partial charge on any atom is -0.492 e. The molecule has 0 heterocycles. The van der Waals surface area contributed by atoms with Crippen LogP contribution in [0.25, 0.3) is 0 Å². The quantitative estimate of drug-likeness (QED) is 0.781. The Balaban J connectivity index is 2.49. The molecule has 0 saturated carbocycles. The SMILES string of the molecule is CCC(C)(C)N(C)CCOc1ccccc1CNC. The number of nitrogens with one attached hydrogen (secondary N) is 1. The fourth-order valence-electron chi connectivity index (χ4n) is 1.85. The van der Waals surface area contributed by atoms with Crippen molar-refractivity contribution in [3.63, 3.8) is 0 Å². The highest BCUT2D eigenvalue weighted by Gasteiger charge is 2.20. The first-order chi connectivity index (χ1) is 9.01. The van der Waals surface area contributed by atoms with Crippen molar-refractivity contribution < 1.29 is 4.74 Å². The van der Waals surface area contributed by atoms with Gasteiger partial charge in [-0.05, 0) is 40.4 Å². The van der Waals surface area contributed by atoms with Crippen LogP contribution in [0.5, 0.6) is 5.75 Å². The Kier molecular flexibility index (Phi) is 6.32. The lowest BCUT2D eigenvalue weighted by atomic mass is 10.0. The van der Waals surface area contributed by atoms with Crippen LogP contribution in [-0.2, 0) is 6.54 Å². The fourth-order valence-corrected chi connectivity index (χ4v) is 1.85. The average molecular weight is 264 g/mol. The van der Waals surface area contributed by atoms with E-state index in [1.807, 2.05) is 25.2 Å². The number of para-hydroxylation sites is 1. The summed E-state index contributed by atoms with van der Waals surface area (Å²) < 4.78 is 5.92. The average Bonchev–Trinajstić information content (AvgIpc) is 2.40. The van der Waals surface area contributed by atoms with Crippen molar-refractivity contribution >= 4 is 0 Å². The molecule has 108 valence electrons. The van der Waals surface area contributed by atoms with Gasteiger partial charge in [0.05, 0.1) is 0 Å². The van der Waals surface area contributed by atoms with E-state index in [0.29, 0.717) is 0 Å². The standard InChI is InChI=1S/C16H28N2O/c1-6-16(2,3)18(5)11-12-19-15-10-8-7-9-14(15)13-17-4/h7-10,17H,6,11-13H2,1-5H3. The first-order valence-electron chi connectivity index (χ1n) is 7.07. The van der Waals surface area contributed by atoms with Gasteiger partial charge in [0.1, 0.15) is 12.4 Å². The van der Waals surface area contributed by atoms with Gasteiger partial charge in [0.25, 0.3) is 0 Å². The summed E-state index contributed by atoms with van der Waals surface area (Å²) in [4.78, 5) is 2.35. The Morgan fingerprint density at radius 2 is 1.95 bits per heavy atom. The minimum atomic E-state index is 0.230. The molecule has 1 aromatic carbocycles. The highest BCUT2D eigenvalue weighted by Crippen LogP contribution is 2.19. The van der Waals surface area contributed by atoms with Gasteiger partial charge >= 0.3 is 0 Å². The summed E-state index contributed by atoms with van der Waals surface area (Å²) in [5.41, 5.74) is 1.44. The lowest BCUT2D eigenvalue weighted by Crippen LogP contribution is -2.42. The first-order valence-corrected chi connectivity index (χ1v) is 7.07. The zero-order chi connectivity index (χ0) is 14.3. The van der Waals surface area contributed by atoms with Crippen molar-refractivity contribution in [2.45, 2.75) is 39.3 Å². The van der Waals surface area contributed by atoms with Gasteiger partial charge in [-0.1, -0.05) is 25.1 Å². The van der Waals surface area contributed by atoms with Crippen LogP contribution in [0.2, 0.25) is 0 Å². The van der Waals surface area contributed by atoms with Crippen molar-refractivity contribution in [3.05, 3.63) is 29.8 Å². The molecule has 0 aliphatic carbocycles. The lowest BCUT2D eigenvalue weighted by Gasteiger charge is -2.34. The summed E-state index contributed by atoms with van der Waals surface area (Å²) >= 11 is 0. The number of hydrogen-bond donors (Lipinski definition) is 1. The molecule has 3 heteroatoms. The van der Waals surface area contributed by atoms with E-state index < -0.39 is 0 Å². The summed E-state index contributed by atoms with van der Waals surface area (Å²) in [6, 6.07) is 8.21. The lowest BCUT2D eigenvalue weighted by molar-refractivity contribution is 0.125. The summed E-state index contributed by atoms with van der Waals surface area (Å²) in [6.45, 7) is 9.26. The third-order valence-electron chi connectivity index (χ3n) is 3.92. The molecule has 19 heavy (non-hydrogen) atoms. The van der Waals surface area contributed by atoms with Crippen molar-refractivity contribution in [2.75, 3.05) is 27.2 Å². The van der Waals surface area contributed by atoms with E-state index in [-0.39, 0.29) is 5.54 Å². The van der Waals surface area contributed by atoms with Crippen molar-refractivity contribution in [2.24, 2.45) is 0 Å². The number of benzene rings is 1. The van der Waals surface area contributed by atoms with E-state index in [2.05, 4.69) is 44.1 Å². The maximum absolute atomic E-state index is 5.92. The Hall–Kier alpha value is -1.06. The summed E-state index contributed by atoms with van der Waals surface area (Å²) in [7, 11) is 4.11. The number of ether oxygens (including phenoxy) is 1. The normalized spacial score (nSPS) is 11.9. The van der Waals surface area contributed by atoms with Crippen LogP contribution in [0.3, 0.4) is 0 Å². The zero-order valence-electron chi connectivity index (χ0n) is 13.0. The highest BCUT2D eigenvalue weighted by atomic mass is 16.5. The second-order valence-corrected chi connectivity index (χ2v) is 5.57. The molecule has 0 atom stereocenters. The molecule has 0 unspecified atom stereocenters. The van der Waals surface area contributed by atoms with E-state index in [4.69, 9.17) is 4.74 Å². The van der Waals surface area contributed by atoms with Crippen LogP contribution >= 0.6 is 0 Å². The predicted molar refractivity (Wildman–Crippen MR) is 81.7 cm³/mol. The molecule has 0 saturated heterocycles. The van der Waals surface area contributed by atoms with E-state index in [1.54, 1.807) is 0 Å². The third kappa shape index (κ3) is 4.84. The van der Waals surface area contributed by atoms with Crippen molar-refractivity contribution in [1.82, 2.24) is 10.2 Å². The number of nitrogens with zero attached hydrogens (tertiary/aromatic N) is 1. The maximum Gasteiger partial charge on any atom is 0.123 e. The van der Waals surface area contributed by atoms with Crippen molar-refractivity contribution in [3.8, 4) is 5.75 Å².